The molecule has 0 bridgehead atoms. The van der Waals surface area contributed by atoms with Crippen LogP contribution in [0, 0.1) is 5.92 Å². The van der Waals surface area contributed by atoms with Crippen molar-refractivity contribution in [2.45, 2.75) is 18.9 Å². The van der Waals surface area contributed by atoms with E-state index in [4.69, 9.17) is 9.47 Å². The first-order chi connectivity index (χ1) is 11.1. The van der Waals surface area contributed by atoms with E-state index in [1.807, 2.05) is 24.3 Å². The molecule has 2 rings (SSSR count). The van der Waals surface area contributed by atoms with Crippen LogP contribution in [-0.4, -0.2) is 51.1 Å². The number of amides is 2. The van der Waals surface area contributed by atoms with Gasteiger partial charge in [-0.2, -0.15) is 0 Å². The lowest BCUT2D eigenvalue weighted by Gasteiger charge is -2.38. The Morgan fingerprint density at radius 2 is 2.00 bits per heavy atom. The van der Waals surface area contributed by atoms with E-state index in [9.17, 15) is 9.59 Å². The van der Waals surface area contributed by atoms with E-state index in [0.717, 1.165) is 11.3 Å². The fourth-order valence-corrected chi connectivity index (χ4v) is 2.98. The number of rotatable bonds is 6. The summed E-state index contributed by atoms with van der Waals surface area (Å²) < 4.78 is 10.1. The van der Waals surface area contributed by atoms with Crippen molar-refractivity contribution in [3.8, 4) is 5.75 Å². The van der Waals surface area contributed by atoms with Crippen LogP contribution in [0.3, 0.4) is 0 Å². The Kier molecular flexibility index (Phi) is 5.98. The van der Waals surface area contributed by atoms with Crippen molar-refractivity contribution in [3.63, 3.8) is 0 Å². The third kappa shape index (κ3) is 4.01. The molecule has 1 aromatic carbocycles. The van der Waals surface area contributed by atoms with Crippen LogP contribution in [0.1, 0.15) is 24.4 Å². The molecule has 1 N–H and O–H groups in total. The second-order valence-electron chi connectivity index (χ2n) is 5.65. The fraction of sp³-hybridized carbons (Fsp3) is 0.529. The van der Waals surface area contributed by atoms with Crippen LogP contribution in [-0.2, 0) is 14.3 Å². The molecule has 1 aliphatic rings. The highest BCUT2D eigenvalue weighted by Gasteiger charge is 2.38. The normalized spacial score (nSPS) is 21.2. The lowest BCUT2D eigenvalue weighted by Crippen LogP contribution is -2.46. The molecule has 6 heteroatoms. The van der Waals surface area contributed by atoms with Gasteiger partial charge in [-0.15, -0.1) is 0 Å². The van der Waals surface area contributed by atoms with Crippen LogP contribution in [0.25, 0.3) is 0 Å². The van der Waals surface area contributed by atoms with Crippen LogP contribution in [0.5, 0.6) is 5.75 Å². The Labute approximate surface area is 136 Å². The molecule has 0 saturated carbocycles. The molecule has 0 aromatic heterocycles. The number of nitrogens with one attached hydrogen (secondary N) is 1. The van der Waals surface area contributed by atoms with Gasteiger partial charge in [-0.3, -0.25) is 9.59 Å². The minimum Gasteiger partial charge on any atom is -0.497 e. The Morgan fingerprint density at radius 1 is 1.30 bits per heavy atom. The Hall–Kier alpha value is -2.08. The molecule has 0 spiro atoms. The summed E-state index contributed by atoms with van der Waals surface area (Å²) in [5.74, 6) is 0.511. The molecule has 23 heavy (non-hydrogen) atoms. The van der Waals surface area contributed by atoms with Gasteiger partial charge >= 0.3 is 0 Å². The monoisotopic (exact) mass is 320 g/mol. The number of hydrogen-bond donors (Lipinski definition) is 1. The van der Waals surface area contributed by atoms with Crippen LogP contribution in [0.2, 0.25) is 0 Å². The van der Waals surface area contributed by atoms with E-state index < -0.39 is 0 Å². The maximum atomic E-state index is 12.5. The largest absolute Gasteiger partial charge is 0.497 e. The van der Waals surface area contributed by atoms with Crippen LogP contribution < -0.4 is 10.1 Å². The van der Waals surface area contributed by atoms with Gasteiger partial charge in [0.05, 0.1) is 25.7 Å². The zero-order valence-corrected chi connectivity index (χ0v) is 13.9. The zero-order chi connectivity index (χ0) is 16.8. The van der Waals surface area contributed by atoms with Gasteiger partial charge in [-0.25, -0.2) is 0 Å². The van der Waals surface area contributed by atoms with E-state index in [0.29, 0.717) is 26.0 Å². The third-order valence-electron chi connectivity index (χ3n) is 4.26. The van der Waals surface area contributed by atoms with Crippen molar-refractivity contribution < 1.29 is 19.1 Å². The molecule has 1 saturated heterocycles. The molecule has 1 aromatic rings. The molecule has 1 aliphatic heterocycles. The second-order valence-corrected chi connectivity index (χ2v) is 5.65. The first kappa shape index (κ1) is 17.3. The summed E-state index contributed by atoms with van der Waals surface area (Å²) in [4.78, 5) is 26.3. The molecule has 6 nitrogen and oxygen atoms in total. The van der Waals surface area contributed by atoms with Crippen molar-refractivity contribution in [2.24, 2.45) is 5.92 Å². The number of methoxy groups -OCH3 is 2. The summed E-state index contributed by atoms with van der Waals surface area (Å²) >= 11 is 0. The van der Waals surface area contributed by atoms with Gasteiger partial charge in [0.1, 0.15) is 5.75 Å². The van der Waals surface area contributed by atoms with Gasteiger partial charge in [-0.05, 0) is 24.1 Å². The summed E-state index contributed by atoms with van der Waals surface area (Å²) in [6.45, 7) is 0.944. The number of carbonyl (C=O) groups excluding carboxylic acids is 2. The average Bonchev–Trinajstić information content (AvgIpc) is 2.57. The maximum Gasteiger partial charge on any atom is 0.225 e. The van der Waals surface area contributed by atoms with E-state index in [2.05, 4.69) is 5.32 Å². The average molecular weight is 320 g/mol. The summed E-state index contributed by atoms with van der Waals surface area (Å²) in [6.07, 6.45) is 0.949. The number of carbonyl (C=O) groups is 2. The molecule has 1 heterocycles. The summed E-state index contributed by atoms with van der Waals surface area (Å²) in [6, 6.07) is 7.26. The van der Waals surface area contributed by atoms with Crippen molar-refractivity contribution in [2.75, 3.05) is 34.4 Å². The molecule has 126 valence electrons. The zero-order valence-electron chi connectivity index (χ0n) is 13.9. The molecule has 0 aliphatic carbocycles. The third-order valence-corrected chi connectivity index (χ3v) is 4.26. The minimum atomic E-state index is -0.261. The summed E-state index contributed by atoms with van der Waals surface area (Å²) in [5, 5.41) is 2.88. The Bertz CT molecular complexity index is 544. The quantitative estimate of drug-likeness (QED) is 0.804. The second kappa shape index (κ2) is 7.97. The smallest absolute Gasteiger partial charge is 0.225 e. The van der Waals surface area contributed by atoms with Gasteiger partial charge < -0.3 is 19.7 Å². The number of nitrogens with zero attached hydrogens (tertiary/aromatic N) is 1. The van der Waals surface area contributed by atoms with Gasteiger partial charge in [0.25, 0.3) is 0 Å². The number of hydrogen-bond acceptors (Lipinski definition) is 4. The van der Waals surface area contributed by atoms with Gasteiger partial charge in [0.2, 0.25) is 11.8 Å². The molecule has 0 unspecified atom stereocenters. The SMILES string of the molecule is COCCNC(=O)[C@H]1CCC(=O)N(C)[C@H]1c1ccc(OC)cc1. The van der Waals surface area contributed by atoms with Gasteiger partial charge in [-0.1, -0.05) is 12.1 Å². The summed E-state index contributed by atoms with van der Waals surface area (Å²) in [5.41, 5.74) is 0.938. The number of piperidine rings is 1. The fourth-order valence-electron chi connectivity index (χ4n) is 2.98. The van der Waals surface area contributed by atoms with E-state index in [-0.39, 0.29) is 23.8 Å². The van der Waals surface area contributed by atoms with Crippen molar-refractivity contribution >= 4 is 11.8 Å². The molecule has 2 atom stereocenters. The van der Waals surface area contributed by atoms with Crippen molar-refractivity contribution in [1.82, 2.24) is 10.2 Å². The summed E-state index contributed by atoms with van der Waals surface area (Å²) in [7, 11) is 4.96. The number of ether oxygens (including phenoxy) is 2. The topological polar surface area (TPSA) is 67.9 Å². The predicted molar refractivity (Wildman–Crippen MR) is 86.1 cm³/mol. The van der Waals surface area contributed by atoms with Crippen LogP contribution in [0.4, 0.5) is 0 Å². The first-order valence-electron chi connectivity index (χ1n) is 7.74. The number of benzene rings is 1. The van der Waals surface area contributed by atoms with Crippen molar-refractivity contribution in [1.29, 1.82) is 0 Å². The first-order valence-corrected chi connectivity index (χ1v) is 7.74. The highest BCUT2D eigenvalue weighted by Crippen LogP contribution is 2.36. The Morgan fingerprint density at radius 3 is 2.61 bits per heavy atom. The van der Waals surface area contributed by atoms with Gasteiger partial charge in [0, 0.05) is 27.1 Å². The maximum absolute atomic E-state index is 12.5. The predicted octanol–water partition coefficient (Wildman–Crippen LogP) is 1.37. The van der Waals surface area contributed by atoms with E-state index in [1.54, 1.807) is 26.2 Å². The van der Waals surface area contributed by atoms with Crippen LogP contribution in [0.15, 0.2) is 24.3 Å². The van der Waals surface area contributed by atoms with E-state index >= 15 is 0 Å². The molecule has 0 radical (unpaired) electrons. The van der Waals surface area contributed by atoms with Crippen molar-refractivity contribution in [3.05, 3.63) is 29.8 Å². The highest BCUT2D eigenvalue weighted by atomic mass is 16.5. The molecular weight excluding hydrogens is 296 g/mol. The lowest BCUT2D eigenvalue weighted by molar-refractivity contribution is -0.141. The standard InChI is InChI=1S/C17H24N2O4/c1-19-15(20)9-8-14(17(21)18-10-11-22-2)16(19)12-4-6-13(23-3)7-5-12/h4-7,14,16H,8-11H2,1-3H3,(H,18,21)/t14-,16-/m0/s1. The molecular formula is C17H24N2O4. The van der Waals surface area contributed by atoms with Crippen LogP contribution >= 0.6 is 0 Å². The highest BCUT2D eigenvalue weighted by molar-refractivity contribution is 5.84. The minimum absolute atomic E-state index is 0.0396. The van der Waals surface area contributed by atoms with E-state index in [1.165, 1.54) is 0 Å². The lowest BCUT2D eigenvalue weighted by atomic mass is 9.84. The van der Waals surface area contributed by atoms with Gasteiger partial charge in [0.15, 0.2) is 0 Å². The Balaban J connectivity index is 2.20. The molecule has 1 fully saturated rings. The number of likely N-dealkylation sites (tertiary alicyclic amines) is 1. The molecule has 2 amide bonds.